The van der Waals surface area contributed by atoms with Gasteiger partial charge in [-0.15, -0.1) is 0 Å². The minimum absolute atomic E-state index is 0.00263. The Morgan fingerprint density at radius 3 is 2.07 bits per heavy atom. The van der Waals surface area contributed by atoms with Crippen LogP contribution in [0.5, 0.6) is 0 Å². The van der Waals surface area contributed by atoms with E-state index in [9.17, 15) is 14.7 Å². The normalized spacial score (nSPS) is 20.7. The highest BCUT2D eigenvalue weighted by Crippen LogP contribution is 2.38. The number of nitrogens with zero attached hydrogens (tertiary/aromatic N) is 2. The third-order valence-electron chi connectivity index (χ3n) is 8.69. The number of anilines is 1. The van der Waals surface area contributed by atoms with Crippen molar-refractivity contribution in [3.05, 3.63) is 101 Å². The predicted molar refractivity (Wildman–Crippen MR) is 175 cm³/mol. The summed E-state index contributed by atoms with van der Waals surface area (Å²) in [5, 5.41) is 21.0. The first-order chi connectivity index (χ1) is 22.5. The lowest BCUT2D eigenvalue weighted by Gasteiger charge is -2.40. The molecule has 0 saturated carbocycles. The van der Waals surface area contributed by atoms with Crippen molar-refractivity contribution in [2.75, 3.05) is 38.0 Å². The zero-order valence-corrected chi connectivity index (χ0v) is 26.4. The molecule has 2 amide bonds. The maximum absolute atomic E-state index is 12.4. The summed E-state index contributed by atoms with van der Waals surface area (Å²) in [5.74, 6) is -0.495. The van der Waals surface area contributed by atoms with Gasteiger partial charge < -0.3 is 19.9 Å². The number of ether oxygens (including phenoxy) is 2. The van der Waals surface area contributed by atoms with Crippen molar-refractivity contribution < 1.29 is 29.4 Å². The van der Waals surface area contributed by atoms with Gasteiger partial charge in [0.05, 0.1) is 18.8 Å². The molecule has 3 atom stereocenters. The van der Waals surface area contributed by atoms with Gasteiger partial charge in [-0.2, -0.15) is 0 Å². The number of rotatable bonds is 14. The number of unbranched alkanes of at least 4 members (excludes halogenated alkanes) is 2. The summed E-state index contributed by atoms with van der Waals surface area (Å²) in [7, 11) is 0. The summed E-state index contributed by atoms with van der Waals surface area (Å²) in [5.41, 5.74) is 6.47. The van der Waals surface area contributed by atoms with Crippen molar-refractivity contribution >= 4 is 17.5 Å². The van der Waals surface area contributed by atoms with Crippen LogP contribution >= 0.6 is 0 Å². The molecule has 2 heterocycles. The van der Waals surface area contributed by atoms with Crippen LogP contribution in [0.3, 0.4) is 0 Å². The second-order valence-corrected chi connectivity index (χ2v) is 12.2. The summed E-state index contributed by atoms with van der Waals surface area (Å²) in [6.45, 7) is 5.80. The molecule has 0 aromatic heterocycles. The molecule has 3 aromatic carbocycles. The smallest absolute Gasteiger partial charge is 0.243 e. The van der Waals surface area contributed by atoms with Crippen LogP contribution in [0.1, 0.15) is 73.2 Å². The van der Waals surface area contributed by atoms with Crippen LogP contribution in [0, 0.1) is 0 Å². The largest absolute Gasteiger partial charge is 0.392 e. The van der Waals surface area contributed by atoms with Gasteiger partial charge in [0.25, 0.3) is 0 Å². The molecule has 0 bridgehead atoms. The van der Waals surface area contributed by atoms with Crippen molar-refractivity contribution in [2.24, 2.45) is 0 Å². The number of aliphatic hydroxyl groups is 1. The summed E-state index contributed by atoms with van der Waals surface area (Å²) in [6.07, 6.45) is 2.61. The molecular weight excluding hydrogens is 584 g/mol. The van der Waals surface area contributed by atoms with Crippen LogP contribution in [-0.2, 0) is 32.2 Å². The van der Waals surface area contributed by atoms with Crippen LogP contribution in [0.25, 0.3) is 0 Å². The van der Waals surface area contributed by atoms with Crippen LogP contribution in [-0.4, -0.2) is 70.8 Å². The first-order valence-electron chi connectivity index (χ1n) is 16.3. The zero-order valence-electron chi connectivity index (χ0n) is 26.4. The molecule has 246 valence electrons. The number of nitrogens with one attached hydrogen (secondary N) is 2. The van der Waals surface area contributed by atoms with Crippen molar-refractivity contribution in [1.82, 2.24) is 15.3 Å². The number of benzene rings is 3. The van der Waals surface area contributed by atoms with Gasteiger partial charge >= 0.3 is 0 Å². The van der Waals surface area contributed by atoms with E-state index in [-0.39, 0.29) is 31.1 Å². The molecular formula is C36H46N4O6. The topological polar surface area (TPSA) is 124 Å². The molecule has 3 aromatic rings. The van der Waals surface area contributed by atoms with E-state index in [1.807, 2.05) is 48.5 Å². The van der Waals surface area contributed by atoms with Gasteiger partial charge in [-0.25, -0.2) is 5.48 Å². The highest BCUT2D eigenvalue weighted by atomic mass is 16.7. The SMILES string of the molecule is O=C(CCCCCC(=O)Nc1ccc([C@H]2O[C@@H](CN3CCN(Cc4ccccc4)CC3)C[C@@H](c3ccc(CO)cc3)O2)cc1)NO. The van der Waals surface area contributed by atoms with E-state index in [0.717, 1.165) is 68.8 Å². The lowest BCUT2D eigenvalue weighted by Crippen LogP contribution is -2.49. The molecule has 46 heavy (non-hydrogen) atoms. The van der Waals surface area contributed by atoms with E-state index < -0.39 is 12.2 Å². The Labute approximate surface area is 271 Å². The van der Waals surface area contributed by atoms with Crippen molar-refractivity contribution in [1.29, 1.82) is 0 Å². The van der Waals surface area contributed by atoms with Gasteiger partial charge in [-0.3, -0.25) is 24.6 Å². The monoisotopic (exact) mass is 630 g/mol. The number of amides is 2. The maximum Gasteiger partial charge on any atom is 0.243 e. The minimum Gasteiger partial charge on any atom is -0.392 e. The summed E-state index contributed by atoms with van der Waals surface area (Å²) in [4.78, 5) is 28.5. The Kier molecular flexibility index (Phi) is 12.7. The van der Waals surface area contributed by atoms with Gasteiger partial charge in [0, 0.05) is 69.8 Å². The molecule has 0 unspecified atom stereocenters. The minimum atomic E-state index is -0.554. The fourth-order valence-corrected chi connectivity index (χ4v) is 6.04. The van der Waals surface area contributed by atoms with E-state index in [2.05, 4.69) is 45.4 Å². The quantitative estimate of drug-likeness (QED) is 0.112. The lowest BCUT2D eigenvalue weighted by molar-refractivity contribution is -0.253. The summed E-state index contributed by atoms with van der Waals surface area (Å²) < 4.78 is 13.1. The Hall–Kier alpha value is -3.64. The van der Waals surface area contributed by atoms with Crippen molar-refractivity contribution in [2.45, 2.75) is 70.2 Å². The van der Waals surface area contributed by atoms with Crippen LogP contribution in [0.2, 0.25) is 0 Å². The number of hydroxylamine groups is 1. The van der Waals surface area contributed by atoms with Crippen molar-refractivity contribution in [3.8, 4) is 0 Å². The first-order valence-corrected chi connectivity index (χ1v) is 16.3. The van der Waals surface area contributed by atoms with E-state index in [1.54, 1.807) is 5.48 Å². The van der Waals surface area contributed by atoms with Crippen LogP contribution < -0.4 is 10.8 Å². The number of carbonyl (C=O) groups excluding carboxylic acids is 2. The second-order valence-electron chi connectivity index (χ2n) is 12.2. The third kappa shape index (κ3) is 10.2. The summed E-state index contributed by atoms with van der Waals surface area (Å²) in [6, 6.07) is 26.1. The fourth-order valence-electron chi connectivity index (χ4n) is 6.04. The van der Waals surface area contributed by atoms with E-state index in [4.69, 9.17) is 14.7 Å². The molecule has 4 N–H and O–H groups in total. The molecule has 2 aliphatic rings. The van der Waals surface area contributed by atoms with Crippen molar-refractivity contribution in [3.63, 3.8) is 0 Å². The van der Waals surface area contributed by atoms with Gasteiger partial charge in [0.15, 0.2) is 6.29 Å². The molecule has 2 saturated heterocycles. The molecule has 2 aliphatic heterocycles. The number of hydrogen-bond donors (Lipinski definition) is 4. The van der Waals surface area contributed by atoms with Gasteiger partial charge in [-0.05, 0) is 41.7 Å². The van der Waals surface area contributed by atoms with E-state index >= 15 is 0 Å². The van der Waals surface area contributed by atoms with E-state index in [1.165, 1.54) is 5.56 Å². The molecule has 2 fully saturated rings. The molecule has 10 heteroatoms. The number of piperazine rings is 1. The highest BCUT2D eigenvalue weighted by molar-refractivity contribution is 5.90. The molecule has 0 radical (unpaired) electrons. The average Bonchev–Trinajstić information content (AvgIpc) is 3.09. The highest BCUT2D eigenvalue weighted by Gasteiger charge is 2.33. The Morgan fingerprint density at radius 1 is 0.739 bits per heavy atom. The summed E-state index contributed by atoms with van der Waals surface area (Å²) >= 11 is 0. The number of carbonyl (C=O) groups is 2. The maximum atomic E-state index is 12.4. The third-order valence-corrected chi connectivity index (χ3v) is 8.69. The number of aliphatic hydroxyl groups excluding tert-OH is 1. The Balaban J connectivity index is 1.17. The average molecular weight is 631 g/mol. The van der Waals surface area contributed by atoms with E-state index in [0.29, 0.717) is 24.9 Å². The molecule has 0 spiro atoms. The molecule has 5 rings (SSSR count). The second kappa shape index (κ2) is 17.3. The first kappa shape index (κ1) is 33.7. The Bertz CT molecular complexity index is 1360. The zero-order chi connectivity index (χ0) is 32.1. The lowest BCUT2D eigenvalue weighted by atomic mass is 9.99. The Morgan fingerprint density at radius 2 is 1.39 bits per heavy atom. The van der Waals surface area contributed by atoms with Gasteiger partial charge in [-0.1, -0.05) is 73.2 Å². The van der Waals surface area contributed by atoms with Gasteiger partial charge in [0.1, 0.15) is 0 Å². The molecule has 0 aliphatic carbocycles. The standard InChI is InChI=1S/C36H46N4O6/c41-26-28-11-13-29(14-12-28)33-23-32(25-40-21-19-39(20-22-40)24-27-7-3-1-4-8-27)45-36(46-33)30-15-17-31(18-16-30)37-34(42)9-5-2-6-10-35(43)38-44/h1,3-4,7-8,11-18,32-33,36,41,44H,2,5-6,9-10,19-26H2,(H,37,42)(H,38,43)/t32-,33+,36+/m1/s1. The predicted octanol–water partition coefficient (Wildman–Crippen LogP) is 4.94. The van der Waals surface area contributed by atoms with Gasteiger partial charge in [0.2, 0.25) is 11.8 Å². The number of hydrogen-bond acceptors (Lipinski definition) is 8. The fraction of sp³-hybridized carbons (Fsp3) is 0.444. The molecule has 10 nitrogen and oxygen atoms in total. The van der Waals surface area contributed by atoms with Crippen LogP contribution in [0.4, 0.5) is 5.69 Å². The van der Waals surface area contributed by atoms with Crippen LogP contribution in [0.15, 0.2) is 78.9 Å².